The first-order chi connectivity index (χ1) is 14.8. The highest BCUT2D eigenvalue weighted by Gasteiger charge is 2.37. The second-order valence-electron chi connectivity index (χ2n) is 7.74. The molecule has 0 aliphatic heterocycles. The van der Waals surface area contributed by atoms with Crippen LogP contribution in [0.2, 0.25) is 0 Å². The smallest absolute Gasteiger partial charge is 0.341 e. The van der Waals surface area contributed by atoms with Crippen LogP contribution in [0.1, 0.15) is 38.1 Å². The van der Waals surface area contributed by atoms with Gasteiger partial charge in [0.2, 0.25) is 9.70 Å². The highest BCUT2D eigenvalue weighted by molar-refractivity contribution is 7.80. The number of esters is 1. The van der Waals surface area contributed by atoms with Crippen LogP contribution in [0, 0.1) is 5.41 Å². The van der Waals surface area contributed by atoms with Crippen LogP contribution in [0.4, 0.5) is 5.00 Å². The molecule has 0 spiro atoms. The van der Waals surface area contributed by atoms with Crippen molar-refractivity contribution in [3.8, 4) is 11.1 Å². The van der Waals surface area contributed by atoms with E-state index in [1.807, 2.05) is 35.7 Å². The summed E-state index contributed by atoms with van der Waals surface area (Å²) in [7, 11) is 0. The number of thiocarbonyl (C=S) groups is 1. The summed E-state index contributed by atoms with van der Waals surface area (Å²) in [5, 5.41) is 10.8. The quantitative estimate of drug-likeness (QED) is 0.189. The molecule has 1 aromatic carbocycles. The van der Waals surface area contributed by atoms with E-state index in [0.717, 1.165) is 5.56 Å². The average Bonchev–Trinajstić information content (AvgIpc) is 3.10. The van der Waals surface area contributed by atoms with Gasteiger partial charge in [-0.15, -0.1) is 11.3 Å². The maximum Gasteiger partial charge on any atom is 0.341 e. The van der Waals surface area contributed by atoms with Crippen LogP contribution in [0.5, 0.6) is 0 Å². The van der Waals surface area contributed by atoms with Crippen molar-refractivity contribution in [2.45, 2.75) is 37.7 Å². The Kier molecular flexibility index (Phi) is 9.19. The second kappa shape index (κ2) is 11.0. The zero-order valence-corrected chi connectivity index (χ0v) is 21.8. The van der Waals surface area contributed by atoms with Crippen LogP contribution in [0.3, 0.4) is 0 Å². The minimum Gasteiger partial charge on any atom is -0.462 e. The molecule has 0 unspecified atom stereocenters. The van der Waals surface area contributed by atoms with Gasteiger partial charge in [0.05, 0.1) is 6.61 Å². The lowest BCUT2D eigenvalue weighted by molar-refractivity contribution is -0.129. The highest BCUT2D eigenvalue weighted by atomic mass is 35.6. The van der Waals surface area contributed by atoms with Gasteiger partial charge in [-0.25, -0.2) is 4.79 Å². The molecule has 1 aromatic heterocycles. The van der Waals surface area contributed by atoms with E-state index in [1.54, 1.807) is 27.7 Å². The molecule has 0 fully saturated rings. The molecule has 32 heavy (non-hydrogen) atoms. The largest absolute Gasteiger partial charge is 0.462 e. The number of amides is 1. The van der Waals surface area contributed by atoms with Crippen molar-refractivity contribution in [2.75, 3.05) is 11.9 Å². The Morgan fingerprint density at radius 2 is 1.75 bits per heavy atom. The van der Waals surface area contributed by atoms with Crippen LogP contribution in [0.15, 0.2) is 35.7 Å². The third kappa shape index (κ3) is 7.22. The number of carbonyl (C=O) groups is 2. The summed E-state index contributed by atoms with van der Waals surface area (Å²) in [6.07, 6.45) is -1.11. The Balaban J connectivity index is 2.28. The maximum absolute atomic E-state index is 12.7. The second-order valence-corrected chi connectivity index (χ2v) is 11.4. The fraction of sp³-hybridized carbons (Fsp3) is 0.381. The number of halogens is 3. The number of hydrogen-bond acceptors (Lipinski definition) is 5. The van der Waals surface area contributed by atoms with Gasteiger partial charge in [-0.05, 0) is 24.7 Å². The molecule has 0 bridgehead atoms. The normalized spacial score (nSPS) is 12.6. The van der Waals surface area contributed by atoms with E-state index in [-0.39, 0.29) is 17.6 Å². The minimum absolute atomic E-state index is 0.0579. The molecule has 0 saturated carbocycles. The van der Waals surface area contributed by atoms with E-state index in [1.165, 1.54) is 11.3 Å². The third-order valence-electron chi connectivity index (χ3n) is 4.14. The average molecular weight is 537 g/mol. The molecule has 0 aliphatic rings. The van der Waals surface area contributed by atoms with Crippen LogP contribution < -0.4 is 16.0 Å². The number of nitrogens with one attached hydrogen (secondary N) is 3. The Hall–Kier alpha value is -1.58. The van der Waals surface area contributed by atoms with Crippen LogP contribution in [-0.4, -0.2) is 33.6 Å². The number of alkyl halides is 3. The first-order valence-electron chi connectivity index (χ1n) is 9.63. The number of ether oxygens (including phenoxy) is 1. The lowest BCUT2D eigenvalue weighted by Crippen LogP contribution is -2.58. The molecule has 0 saturated heterocycles. The molecule has 2 rings (SSSR count). The molecule has 174 valence electrons. The molecule has 2 aromatic rings. The summed E-state index contributed by atoms with van der Waals surface area (Å²) in [5.74, 6) is -0.823. The molecule has 3 N–H and O–H groups in total. The lowest BCUT2D eigenvalue weighted by Gasteiger charge is -2.30. The van der Waals surface area contributed by atoms with Crippen molar-refractivity contribution < 1.29 is 14.3 Å². The molecule has 0 aliphatic carbocycles. The van der Waals surface area contributed by atoms with Crippen molar-refractivity contribution in [3.05, 3.63) is 41.3 Å². The molecular formula is C21H24Cl3N3O3S2. The van der Waals surface area contributed by atoms with Gasteiger partial charge >= 0.3 is 5.97 Å². The monoisotopic (exact) mass is 535 g/mol. The lowest BCUT2D eigenvalue weighted by atomic mass is 9.95. The number of carbonyl (C=O) groups excluding carboxylic acids is 2. The predicted octanol–water partition coefficient (Wildman–Crippen LogP) is 5.74. The summed E-state index contributed by atoms with van der Waals surface area (Å²) >= 11 is 24.8. The van der Waals surface area contributed by atoms with Crippen molar-refractivity contribution in [1.82, 2.24) is 10.6 Å². The number of anilines is 1. The number of benzene rings is 1. The summed E-state index contributed by atoms with van der Waals surface area (Å²) in [6.45, 7) is 7.15. The first-order valence-corrected chi connectivity index (χ1v) is 12.1. The molecule has 1 amide bonds. The highest BCUT2D eigenvalue weighted by Crippen LogP contribution is 2.36. The Morgan fingerprint density at radius 3 is 2.28 bits per heavy atom. The fourth-order valence-corrected chi connectivity index (χ4v) is 4.08. The van der Waals surface area contributed by atoms with Gasteiger partial charge in [-0.1, -0.05) is 85.9 Å². The van der Waals surface area contributed by atoms with E-state index in [2.05, 4.69) is 16.0 Å². The molecule has 1 atom stereocenters. The van der Waals surface area contributed by atoms with Gasteiger partial charge in [-0.3, -0.25) is 4.79 Å². The molecule has 11 heteroatoms. The molecule has 0 radical (unpaired) electrons. The third-order valence-corrected chi connectivity index (χ3v) is 5.91. The zero-order chi connectivity index (χ0) is 24.1. The van der Waals surface area contributed by atoms with Crippen LogP contribution in [-0.2, 0) is 9.53 Å². The van der Waals surface area contributed by atoms with E-state index in [9.17, 15) is 9.59 Å². The Morgan fingerprint density at radius 1 is 1.12 bits per heavy atom. The molecule has 6 nitrogen and oxygen atoms in total. The summed E-state index contributed by atoms with van der Waals surface area (Å²) in [6, 6.07) is 9.44. The van der Waals surface area contributed by atoms with Gasteiger partial charge in [-0.2, -0.15) is 0 Å². The van der Waals surface area contributed by atoms with E-state index in [4.69, 9.17) is 51.8 Å². The van der Waals surface area contributed by atoms with Crippen LogP contribution in [0.25, 0.3) is 11.1 Å². The van der Waals surface area contributed by atoms with E-state index >= 15 is 0 Å². The summed E-state index contributed by atoms with van der Waals surface area (Å²) in [5.41, 5.74) is 1.20. The summed E-state index contributed by atoms with van der Waals surface area (Å²) < 4.78 is 3.35. The van der Waals surface area contributed by atoms with Gasteiger partial charge in [0, 0.05) is 16.4 Å². The zero-order valence-electron chi connectivity index (χ0n) is 17.9. The minimum atomic E-state index is -1.89. The van der Waals surface area contributed by atoms with Crippen molar-refractivity contribution >= 4 is 80.3 Å². The van der Waals surface area contributed by atoms with Crippen molar-refractivity contribution in [2.24, 2.45) is 5.41 Å². The van der Waals surface area contributed by atoms with Crippen molar-refractivity contribution in [3.63, 3.8) is 0 Å². The SMILES string of the molecule is CCOC(=O)c1c(-c2ccccc2)csc1NC(=S)N[C@@H](NC(=O)C(C)(C)C)C(Cl)(Cl)Cl. The first kappa shape index (κ1) is 26.7. The van der Waals surface area contributed by atoms with Gasteiger partial charge in [0.1, 0.15) is 16.7 Å². The maximum atomic E-state index is 12.7. The predicted molar refractivity (Wildman–Crippen MR) is 137 cm³/mol. The van der Waals surface area contributed by atoms with Gasteiger partial charge < -0.3 is 20.7 Å². The Labute approximate surface area is 211 Å². The van der Waals surface area contributed by atoms with Crippen LogP contribution >= 0.6 is 58.4 Å². The fourth-order valence-electron chi connectivity index (χ4n) is 2.50. The van der Waals surface area contributed by atoms with Gasteiger partial charge in [0.25, 0.3) is 0 Å². The number of rotatable bonds is 6. The standard InChI is InChI=1S/C21H24Cl3N3O3S2/c1-5-30-16(28)14-13(12-9-7-6-8-10-12)11-32-15(14)25-19(31)27-17(21(22,23)24)26-18(29)20(2,3)4/h6-11,17H,5H2,1-4H3,(H,26,29)(H2,25,27,31)/t17-/m1/s1. The molecule has 1 heterocycles. The topological polar surface area (TPSA) is 79.5 Å². The number of thiophene rings is 1. The van der Waals surface area contributed by atoms with E-state index in [0.29, 0.717) is 16.1 Å². The molecular weight excluding hydrogens is 513 g/mol. The number of hydrogen-bond donors (Lipinski definition) is 3. The van der Waals surface area contributed by atoms with E-state index < -0.39 is 21.3 Å². The van der Waals surface area contributed by atoms with Crippen molar-refractivity contribution in [1.29, 1.82) is 0 Å². The summed E-state index contributed by atoms with van der Waals surface area (Å²) in [4.78, 5) is 25.1. The Bertz CT molecular complexity index is 970. The van der Waals surface area contributed by atoms with Gasteiger partial charge in [0.15, 0.2) is 5.11 Å².